The van der Waals surface area contributed by atoms with Crippen molar-refractivity contribution >= 4 is 12.0 Å². The zero-order valence-corrected chi connectivity index (χ0v) is 15.2. The van der Waals surface area contributed by atoms with Gasteiger partial charge in [-0.1, -0.05) is 55.8 Å². The van der Waals surface area contributed by atoms with Crippen molar-refractivity contribution in [3.63, 3.8) is 0 Å². The summed E-state index contributed by atoms with van der Waals surface area (Å²) in [6.45, 7) is 4.70. The van der Waals surface area contributed by atoms with Crippen molar-refractivity contribution in [2.45, 2.75) is 32.7 Å². The smallest absolute Gasteiger partial charge is 0.262 e. The summed E-state index contributed by atoms with van der Waals surface area (Å²) in [7, 11) is 0. The molecule has 2 aromatic rings. The Labute approximate surface area is 155 Å². The molecule has 134 valence electrons. The highest BCUT2D eigenvalue weighted by atomic mass is 16.5. The highest BCUT2D eigenvalue weighted by Gasteiger charge is 2.13. The molecular formula is C22H24N2O2. The molecular weight excluding hydrogens is 324 g/mol. The standard InChI is InChI=1S/C22H24N2O2/c1-3-4-14-26-21-12-10-18(11-13-21)15-20(16-23)22(25)24-17(2)19-8-6-5-7-9-19/h5-13,15,17H,3-4,14H2,1-2H3,(H,24,25). The lowest BCUT2D eigenvalue weighted by Crippen LogP contribution is -2.27. The Hall–Kier alpha value is -3.06. The monoisotopic (exact) mass is 348 g/mol. The van der Waals surface area contributed by atoms with Crippen LogP contribution in [0.2, 0.25) is 0 Å². The van der Waals surface area contributed by atoms with E-state index in [1.807, 2.05) is 67.6 Å². The maximum absolute atomic E-state index is 12.4. The first-order valence-electron chi connectivity index (χ1n) is 8.84. The number of rotatable bonds is 8. The minimum absolute atomic E-state index is 0.0763. The Morgan fingerprint density at radius 2 is 1.88 bits per heavy atom. The van der Waals surface area contributed by atoms with Crippen LogP contribution in [0, 0.1) is 11.3 Å². The van der Waals surface area contributed by atoms with Crippen LogP contribution in [-0.2, 0) is 4.79 Å². The largest absolute Gasteiger partial charge is 0.494 e. The fourth-order valence-electron chi connectivity index (χ4n) is 2.41. The lowest BCUT2D eigenvalue weighted by Gasteiger charge is -2.13. The van der Waals surface area contributed by atoms with E-state index in [9.17, 15) is 10.1 Å². The molecule has 2 rings (SSSR count). The van der Waals surface area contributed by atoms with E-state index < -0.39 is 0 Å². The van der Waals surface area contributed by atoms with Crippen molar-refractivity contribution in [1.82, 2.24) is 5.32 Å². The molecule has 26 heavy (non-hydrogen) atoms. The molecule has 2 aromatic carbocycles. The number of carbonyl (C=O) groups excluding carboxylic acids is 1. The second kappa shape index (κ2) is 10.0. The Bertz CT molecular complexity index is 774. The summed E-state index contributed by atoms with van der Waals surface area (Å²) in [5.74, 6) is 0.406. The lowest BCUT2D eigenvalue weighted by atomic mass is 10.1. The molecule has 0 aromatic heterocycles. The van der Waals surface area contributed by atoms with Gasteiger partial charge < -0.3 is 10.1 Å². The molecule has 0 fully saturated rings. The molecule has 0 heterocycles. The number of benzene rings is 2. The first kappa shape index (κ1) is 19.3. The molecule has 0 saturated carbocycles. The Morgan fingerprint density at radius 1 is 1.19 bits per heavy atom. The molecule has 0 saturated heterocycles. The first-order chi connectivity index (χ1) is 12.6. The minimum Gasteiger partial charge on any atom is -0.494 e. The average Bonchev–Trinajstić information content (AvgIpc) is 2.68. The molecule has 0 radical (unpaired) electrons. The van der Waals surface area contributed by atoms with Gasteiger partial charge in [-0.05, 0) is 42.7 Å². The number of unbranched alkanes of at least 4 members (excludes halogenated alkanes) is 1. The van der Waals surface area contributed by atoms with E-state index in [-0.39, 0.29) is 17.5 Å². The van der Waals surface area contributed by atoms with Gasteiger partial charge in [-0.3, -0.25) is 4.79 Å². The maximum Gasteiger partial charge on any atom is 0.262 e. The molecule has 1 atom stereocenters. The minimum atomic E-state index is -0.382. The van der Waals surface area contributed by atoms with Crippen LogP contribution in [0.25, 0.3) is 6.08 Å². The predicted molar refractivity (Wildman–Crippen MR) is 103 cm³/mol. The SMILES string of the molecule is CCCCOc1ccc(C=C(C#N)C(=O)NC(C)c2ccccc2)cc1. The van der Waals surface area contributed by atoms with Gasteiger partial charge in [-0.25, -0.2) is 0 Å². The van der Waals surface area contributed by atoms with E-state index >= 15 is 0 Å². The quantitative estimate of drug-likeness (QED) is 0.429. The third-order valence-electron chi connectivity index (χ3n) is 3.97. The number of nitriles is 1. The topological polar surface area (TPSA) is 62.1 Å². The van der Waals surface area contributed by atoms with Gasteiger partial charge >= 0.3 is 0 Å². The van der Waals surface area contributed by atoms with E-state index in [2.05, 4.69) is 12.2 Å². The number of nitrogens with one attached hydrogen (secondary N) is 1. The number of carbonyl (C=O) groups is 1. The summed E-state index contributed by atoms with van der Waals surface area (Å²) in [5, 5.41) is 12.2. The van der Waals surface area contributed by atoms with Crippen LogP contribution in [0.3, 0.4) is 0 Å². The molecule has 0 spiro atoms. The Morgan fingerprint density at radius 3 is 2.50 bits per heavy atom. The van der Waals surface area contributed by atoms with Crippen LogP contribution < -0.4 is 10.1 Å². The number of amides is 1. The zero-order valence-electron chi connectivity index (χ0n) is 15.2. The molecule has 0 aliphatic carbocycles. The zero-order chi connectivity index (χ0) is 18.8. The Balaban J connectivity index is 2.02. The van der Waals surface area contributed by atoms with Crippen molar-refractivity contribution in [2.24, 2.45) is 0 Å². The first-order valence-corrected chi connectivity index (χ1v) is 8.84. The van der Waals surface area contributed by atoms with E-state index in [4.69, 9.17) is 4.74 Å². The number of nitrogens with zero attached hydrogens (tertiary/aromatic N) is 1. The third-order valence-corrected chi connectivity index (χ3v) is 3.97. The van der Waals surface area contributed by atoms with Gasteiger partial charge in [0.15, 0.2) is 0 Å². The number of ether oxygens (including phenoxy) is 1. The van der Waals surface area contributed by atoms with Gasteiger partial charge in [-0.2, -0.15) is 5.26 Å². The summed E-state index contributed by atoms with van der Waals surface area (Å²) in [6.07, 6.45) is 3.69. The van der Waals surface area contributed by atoms with Crippen molar-refractivity contribution in [1.29, 1.82) is 5.26 Å². The molecule has 4 nitrogen and oxygen atoms in total. The van der Waals surface area contributed by atoms with Gasteiger partial charge in [-0.15, -0.1) is 0 Å². The van der Waals surface area contributed by atoms with Crippen molar-refractivity contribution in [3.8, 4) is 11.8 Å². The van der Waals surface area contributed by atoms with Gasteiger partial charge in [0.05, 0.1) is 12.6 Å². The maximum atomic E-state index is 12.4. The fourth-order valence-corrected chi connectivity index (χ4v) is 2.41. The van der Waals surface area contributed by atoms with Gasteiger partial charge in [0.2, 0.25) is 0 Å². The van der Waals surface area contributed by atoms with Crippen LogP contribution in [0.15, 0.2) is 60.2 Å². The summed E-state index contributed by atoms with van der Waals surface area (Å²) in [6, 6.07) is 18.8. The van der Waals surface area contributed by atoms with Crippen molar-refractivity contribution in [3.05, 3.63) is 71.3 Å². The Kier molecular flexibility index (Phi) is 7.45. The summed E-state index contributed by atoms with van der Waals surface area (Å²) in [4.78, 5) is 12.4. The molecule has 4 heteroatoms. The molecule has 1 N–H and O–H groups in total. The van der Waals surface area contributed by atoms with Gasteiger partial charge in [0.1, 0.15) is 17.4 Å². The second-order valence-corrected chi connectivity index (χ2v) is 6.05. The lowest BCUT2D eigenvalue weighted by molar-refractivity contribution is -0.117. The molecule has 0 bridgehead atoms. The van der Waals surface area contributed by atoms with E-state index in [1.165, 1.54) is 0 Å². The average molecular weight is 348 g/mol. The summed E-state index contributed by atoms with van der Waals surface area (Å²) in [5.41, 5.74) is 1.85. The van der Waals surface area contributed by atoms with E-state index in [0.717, 1.165) is 29.7 Å². The van der Waals surface area contributed by atoms with E-state index in [1.54, 1.807) is 6.08 Å². The molecule has 0 aliphatic rings. The summed E-state index contributed by atoms with van der Waals surface area (Å²) >= 11 is 0. The van der Waals surface area contributed by atoms with Crippen molar-refractivity contribution in [2.75, 3.05) is 6.61 Å². The van der Waals surface area contributed by atoms with Crippen LogP contribution in [-0.4, -0.2) is 12.5 Å². The normalized spacial score (nSPS) is 12.1. The second-order valence-electron chi connectivity index (χ2n) is 6.05. The highest BCUT2D eigenvalue weighted by Crippen LogP contribution is 2.16. The van der Waals surface area contributed by atoms with Crippen LogP contribution in [0.1, 0.15) is 43.9 Å². The third kappa shape index (κ3) is 5.78. The molecule has 0 aliphatic heterocycles. The highest BCUT2D eigenvalue weighted by molar-refractivity contribution is 6.01. The van der Waals surface area contributed by atoms with Crippen LogP contribution >= 0.6 is 0 Å². The number of hydrogen-bond donors (Lipinski definition) is 1. The van der Waals surface area contributed by atoms with Crippen molar-refractivity contribution < 1.29 is 9.53 Å². The summed E-state index contributed by atoms with van der Waals surface area (Å²) < 4.78 is 5.62. The van der Waals surface area contributed by atoms with Crippen LogP contribution in [0.4, 0.5) is 0 Å². The van der Waals surface area contributed by atoms with Gasteiger partial charge in [0.25, 0.3) is 5.91 Å². The number of hydrogen-bond acceptors (Lipinski definition) is 3. The van der Waals surface area contributed by atoms with E-state index in [0.29, 0.717) is 6.61 Å². The fraction of sp³-hybridized carbons (Fsp3) is 0.273. The van der Waals surface area contributed by atoms with Gasteiger partial charge in [0, 0.05) is 0 Å². The molecule has 1 unspecified atom stereocenters. The van der Waals surface area contributed by atoms with Crippen LogP contribution in [0.5, 0.6) is 5.75 Å². The molecule has 1 amide bonds. The predicted octanol–water partition coefficient (Wildman–Crippen LogP) is 4.65.